The Morgan fingerprint density at radius 1 is 0.800 bits per heavy atom. The summed E-state index contributed by atoms with van der Waals surface area (Å²) < 4.78 is 0.838. The largest absolute Gasteiger partial charge is 0.710 e. The predicted octanol–water partition coefficient (Wildman–Crippen LogP) is 2.75. The SMILES string of the molecule is Cc1nnc(-c2ccccc2)c(-c2ccccc2)[n+]1[O-]. The van der Waals surface area contributed by atoms with E-state index in [0.717, 1.165) is 15.9 Å². The number of aryl methyl sites for hydroxylation is 1. The number of hydrogen-bond donors (Lipinski definition) is 0. The molecule has 0 radical (unpaired) electrons. The third kappa shape index (κ3) is 2.12. The van der Waals surface area contributed by atoms with Gasteiger partial charge in [0.2, 0.25) is 0 Å². The van der Waals surface area contributed by atoms with Gasteiger partial charge in [-0.25, -0.2) is 4.73 Å². The Morgan fingerprint density at radius 2 is 1.35 bits per heavy atom. The van der Waals surface area contributed by atoms with Crippen LogP contribution >= 0.6 is 0 Å². The van der Waals surface area contributed by atoms with E-state index in [4.69, 9.17) is 0 Å². The fourth-order valence-corrected chi connectivity index (χ4v) is 2.11. The minimum Gasteiger partial charge on any atom is -0.710 e. The minimum atomic E-state index is 0.337. The summed E-state index contributed by atoms with van der Waals surface area (Å²) >= 11 is 0. The third-order valence-corrected chi connectivity index (χ3v) is 3.11. The Labute approximate surface area is 116 Å². The molecule has 0 atom stereocenters. The van der Waals surface area contributed by atoms with E-state index in [1.54, 1.807) is 6.92 Å². The second kappa shape index (κ2) is 5.09. The highest BCUT2D eigenvalue weighted by Gasteiger charge is 2.19. The van der Waals surface area contributed by atoms with Gasteiger partial charge < -0.3 is 5.21 Å². The van der Waals surface area contributed by atoms with Gasteiger partial charge in [-0.05, 0) is 5.10 Å². The van der Waals surface area contributed by atoms with Gasteiger partial charge in [-0.15, -0.1) is 0 Å². The summed E-state index contributed by atoms with van der Waals surface area (Å²) in [6.07, 6.45) is 0. The van der Waals surface area contributed by atoms with Crippen molar-refractivity contribution in [1.29, 1.82) is 0 Å². The molecule has 1 aromatic heterocycles. The summed E-state index contributed by atoms with van der Waals surface area (Å²) in [6, 6.07) is 19.1. The Bertz CT molecular complexity index is 727. The van der Waals surface area contributed by atoms with Gasteiger partial charge in [-0.1, -0.05) is 60.7 Å². The first-order valence-corrected chi connectivity index (χ1v) is 6.35. The summed E-state index contributed by atoms with van der Waals surface area (Å²) in [4.78, 5) is 0. The number of hydrogen-bond acceptors (Lipinski definition) is 3. The smallest absolute Gasteiger partial charge is 0.326 e. The molecule has 4 heteroatoms. The van der Waals surface area contributed by atoms with E-state index in [1.807, 2.05) is 60.7 Å². The molecule has 0 aliphatic rings. The molecule has 20 heavy (non-hydrogen) atoms. The van der Waals surface area contributed by atoms with Crippen LogP contribution in [-0.4, -0.2) is 10.2 Å². The van der Waals surface area contributed by atoms with Crippen molar-refractivity contribution in [3.05, 3.63) is 71.7 Å². The average molecular weight is 263 g/mol. The molecule has 0 spiro atoms. The van der Waals surface area contributed by atoms with Gasteiger partial charge in [-0.2, -0.15) is 0 Å². The van der Waals surface area contributed by atoms with Crippen LogP contribution in [0.15, 0.2) is 60.7 Å². The van der Waals surface area contributed by atoms with Crippen molar-refractivity contribution in [2.75, 3.05) is 0 Å². The third-order valence-electron chi connectivity index (χ3n) is 3.11. The van der Waals surface area contributed by atoms with E-state index in [0.29, 0.717) is 17.2 Å². The monoisotopic (exact) mass is 263 g/mol. The van der Waals surface area contributed by atoms with Gasteiger partial charge in [0, 0.05) is 18.1 Å². The zero-order valence-corrected chi connectivity index (χ0v) is 11.0. The van der Waals surface area contributed by atoms with Crippen LogP contribution in [0.1, 0.15) is 5.82 Å². The molecule has 1 heterocycles. The van der Waals surface area contributed by atoms with Crippen molar-refractivity contribution >= 4 is 0 Å². The molecule has 3 aromatic rings. The predicted molar refractivity (Wildman–Crippen MR) is 76.6 cm³/mol. The van der Waals surface area contributed by atoms with E-state index in [1.165, 1.54) is 0 Å². The molecule has 0 saturated heterocycles. The molecule has 0 unspecified atom stereocenters. The number of nitrogens with zero attached hydrogens (tertiary/aromatic N) is 3. The van der Waals surface area contributed by atoms with E-state index in [-0.39, 0.29) is 0 Å². The first-order valence-electron chi connectivity index (χ1n) is 6.35. The summed E-state index contributed by atoms with van der Waals surface area (Å²) in [5.74, 6) is 0.337. The van der Waals surface area contributed by atoms with Crippen LogP contribution in [0.5, 0.6) is 0 Å². The van der Waals surface area contributed by atoms with Crippen LogP contribution in [0.2, 0.25) is 0 Å². The van der Waals surface area contributed by atoms with Crippen molar-refractivity contribution in [2.45, 2.75) is 6.92 Å². The molecule has 4 nitrogen and oxygen atoms in total. The molecule has 98 valence electrons. The summed E-state index contributed by atoms with van der Waals surface area (Å²) in [5, 5.41) is 20.5. The maximum absolute atomic E-state index is 12.4. The van der Waals surface area contributed by atoms with Crippen LogP contribution in [0.3, 0.4) is 0 Å². The van der Waals surface area contributed by atoms with Gasteiger partial charge in [0.25, 0.3) is 0 Å². The van der Waals surface area contributed by atoms with Crippen LogP contribution in [0.4, 0.5) is 0 Å². The molecule has 0 fully saturated rings. The van der Waals surface area contributed by atoms with Crippen molar-refractivity contribution in [3.8, 4) is 22.5 Å². The molecule has 3 rings (SSSR count). The summed E-state index contributed by atoms with van der Waals surface area (Å²) in [6.45, 7) is 1.65. The molecule has 0 N–H and O–H groups in total. The standard InChI is InChI=1S/C16H13N3O/c1-12-17-18-15(13-8-4-2-5-9-13)16(19(12)20)14-10-6-3-7-11-14/h2-11H,1H3. The van der Waals surface area contributed by atoms with Crippen molar-refractivity contribution in [3.63, 3.8) is 0 Å². The fourth-order valence-electron chi connectivity index (χ4n) is 2.11. The maximum Gasteiger partial charge on any atom is 0.326 e. The van der Waals surface area contributed by atoms with Gasteiger partial charge >= 0.3 is 5.82 Å². The average Bonchev–Trinajstić information content (AvgIpc) is 2.51. The lowest BCUT2D eigenvalue weighted by Crippen LogP contribution is -2.35. The quantitative estimate of drug-likeness (QED) is 0.527. The van der Waals surface area contributed by atoms with Crippen LogP contribution in [0, 0.1) is 12.1 Å². The maximum atomic E-state index is 12.4. The molecule has 0 amide bonds. The van der Waals surface area contributed by atoms with E-state index in [9.17, 15) is 5.21 Å². The number of aromatic nitrogens is 3. The molecular formula is C16H13N3O. The summed E-state index contributed by atoms with van der Waals surface area (Å²) in [7, 11) is 0. The first kappa shape index (κ1) is 12.3. The van der Waals surface area contributed by atoms with Gasteiger partial charge in [0.05, 0.1) is 5.10 Å². The van der Waals surface area contributed by atoms with Crippen LogP contribution in [0.25, 0.3) is 22.5 Å². The molecule has 2 aromatic carbocycles. The molecular weight excluding hydrogens is 250 g/mol. The minimum absolute atomic E-state index is 0.337. The number of benzene rings is 2. The zero-order valence-electron chi connectivity index (χ0n) is 11.0. The first-order chi connectivity index (χ1) is 9.77. The van der Waals surface area contributed by atoms with E-state index >= 15 is 0 Å². The topological polar surface area (TPSA) is 52.7 Å². The highest BCUT2D eigenvalue weighted by atomic mass is 16.5. The Kier molecular flexibility index (Phi) is 3.13. The second-order valence-electron chi connectivity index (χ2n) is 4.47. The van der Waals surface area contributed by atoms with Crippen LogP contribution in [-0.2, 0) is 0 Å². The summed E-state index contributed by atoms with van der Waals surface area (Å²) in [5.41, 5.74) is 2.84. The second-order valence-corrected chi connectivity index (χ2v) is 4.47. The molecule has 0 aliphatic heterocycles. The highest BCUT2D eigenvalue weighted by Crippen LogP contribution is 2.26. The van der Waals surface area contributed by atoms with Gasteiger partial charge in [0.1, 0.15) is 0 Å². The normalized spacial score (nSPS) is 10.4. The fraction of sp³-hybridized carbons (Fsp3) is 0.0625. The van der Waals surface area contributed by atoms with Crippen molar-refractivity contribution in [1.82, 2.24) is 10.2 Å². The number of rotatable bonds is 2. The molecule has 0 saturated carbocycles. The lowest BCUT2D eigenvalue weighted by molar-refractivity contribution is -0.604. The zero-order chi connectivity index (χ0) is 13.9. The van der Waals surface area contributed by atoms with Gasteiger partial charge in [-0.3, -0.25) is 0 Å². The highest BCUT2D eigenvalue weighted by molar-refractivity contribution is 5.75. The molecule has 0 bridgehead atoms. The molecule has 0 aliphatic carbocycles. The van der Waals surface area contributed by atoms with Gasteiger partial charge in [0.15, 0.2) is 11.4 Å². The Balaban J connectivity index is 2.29. The van der Waals surface area contributed by atoms with Crippen LogP contribution < -0.4 is 4.73 Å². The lowest BCUT2D eigenvalue weighted by atomic mass is 10.0. The van der Waals surface area contributed by atoms with E-state index in [2.05, 4.69) is 10.2 Å². The van der Waals surface area contributed by atoms with E-state index < -0.39 is 0 Å². The van der Waals surface area contributed by atoms with Crippen molar-refractivity contribution in [2.24, 2.45) is 0 Å². The lowest BCUT2D eigenvalue weighted by Gasteiger charge is -2.13. The Hall–Kier alpha value is -2.75. The Morgan fingerprint density at radius 3 is 1.95 bits per heavy atom. The van der Waals surface area contributed by atoms with Crippen molar-refractivity contribution < 1.29 is 4.73 Å².